The lowest BCUT2D eigenvalue weighted by Gasteiger charge is -2.34. The molecule has 2 atom stereocenters. The van der Waals surface area contributed by atoms with Gasteiger partial charge in [0.15, 0.2) is 0 Å². The van der Waals surface area contributed by atoms with Crippen molar-refractivity contribution in [2.75, 3.05) is 25.4 Å². The van der Waals surface area contributed by atoms with Crippen LogP contribution in [0.15, 0.2) is 0 Å². The monoisotopic (exact) mass is 216 g/mol. The van der Waals surface area contributed by atoms with Gasteiger partial charge in [-0.15, -0.1) is 0 Å². The van der Waals surface area contributed by atoms with Gasteiger partial charge < -0.3 is 5.73 Å². The van der Waals surface area contributed by atoms with Crippen LogP contribution in [0.1, 0.15) is 27.2 Å². The fourth-order valence-corrected chi connectivity index (χ4v) is 2.95. The summed E-state index contributed by atoms with van der Waals surface area (Å²) >= 11 is 2.12. The normalized spacial score (nSPS) is 26.8. The molecule has 1 aliphatic heterocycles. The van der Waals surface area contributed by atoms with Gasteiger partial charge in [0.25, 0.3) is 0 Å². The third-order valence-electron chi connectivity index (χ3n) is 3.00. The molecule has 3 heteroatoms. The average molecular weight is 216 g/mol. The highest BCUT2D eigenvalue weighted by atomic mass is 32.2. The van der Waals surface area contributed by atoms with E-state index >= 15 is 0 Å². The molecule has 0 aromatic heterocycles. The molecule has 1 rings (SSSR count). The second-order valence-electron chi connectivity index (χ2n) is 4.57. The Kier molecular flexibility index (Phi) is 5.28. The summed E-state index contributed by atoms with van der Waals surface area (Å²) in [6, 6.07) is 0.343. The van der Waals surface area contributed by atoms with E-state index in [1.165, 1.54) is 25.3 Å². The summed E-state index contributed by atoms with van der Waals surface area (Å²) in [5.74, 6) is 1.88. The Labute approximate surface area is 92.6 Å². The number of rotatable bonds is 4. The highest BCUT2D eigenvalue weighted by Crippen LogP contribution is 2.21. The fourth-order valence-electron chi connectivity index (χ4n) is 1.70. The van der Waals surface area contributed by atoms with E-state index in [2.05, 4.69) is 37.4 Å². The fraction of sp³-hybridized carbons (Fsp3) is 1.00. The Morgan fingerprint density at radius 1 is 1.50 bits per heavy atom. The quantitative estimate of drug-likeness (QED) is 0.777. The molecule has 1 aliphatic rings. The molecule has 1 saturated heterocycles. The van der Waals surface area contributed by atoms with Crippen LogP contribution < -0.4 is 5.73 Å². The first-order valence-corrected chi connectivity index (χ1v) is 6.78. The molecule has 0 spiro atoms. The molecular formula is C11H24N2S. The van der Waals surface area contributed by atoms with E-state index in [-0.39, 0.29) is 0 Å². The second-order valence-corrected chi connectivity index (χ2v) is 5.98. The van der Waals surface area contributed by atoms with Crippen LogP contribution in [-0.2, 0) is 0 Å². The molecule has 2 unspecified atom stereocenters. The van der Waals surface area contributed by atoms with Crippen LogP contribution in [0.4, 0.5) is 0 Å². The summed E-state index contributed by atoms with van der Waals surface area (Å²) in [5, 5.41) is 0.836. The van der Waals surface area contributed by atoms with Gasteiger partial charge in [0.05, 0.1) is 0 Å². The van der Waals surface area contributed by atoms with E-state index in [0.29, 0.717) is 12.0 Å². The SMILES string of the molecule is CCC1CN(CC(N)C(C)C)CCS1. The lowest BCUT2D eigenvalue weighted by molar-refractivity contribution is 0.244. The zero-order valence-electron chi connectivity index (χ0n) is 9.70. The van der Waals surface area contributed by atoms with Crippen molar-refractivity contribution in [3.05, 3.63) is 0 Å². The van der Waals surface area contributed by atoms with Crippen LogP contribution in [0.5, 0.6) is 0 Å². The van der Waals surface area contributed by atoms with Gasteiger partial charge in [-0.05, 0) is 12.3 Å². The molecule has 0 amide bonds. The first-order chi connectivity index (χ1) is 6.63. The van der Waals surface area contributed by atoms with Gasteiger partial charge in [0.2, 0.25) is 0 Å². The number of thioether (sulfide) groups is 1. The van der Waals surface area contributed by atoms with Crippen LogP contribution in [0.2, 0.25) is 0 Å². The largest absolute Gasteiger partial charge is 0.326 e. The van der Waals surface area contributed by atoms with Crippen LogP contribution in [0.25, 0.3) is 0 Å². The van der Waals surface area contributed by atoms with Gasteiger partial charge in [-0.3, -0.25) is 4.90 Å². The molecule has 1 fully saturated rings. The number of nitrogens with two attached hydrogens (primary N) is 1. The predicted molar refractivity (Wildman–Crippen MR) is 65.8 cm³/mol. The van der Waals surface area contributed by atoms with Crippen LogP contribution >= 0.6 is 11.8 Å². The van der Waals surface area contributed by atoms with Crippen molar-refractivity contribution in [3.8, 4) is 0 Å². The maximum absolute atomic E-state index is 6.09. The molecule has 2 N–H and O–H groups in total. The van der Waals surface area contributed by atoms with Crippen molar-refractivity contribution in [2.45, 2.75) is 38.5 Å². The molecule has 0 aromatic carbocycles. The minimum Gasteiger partial charge on any atom is -0.326 e. The smallest absolute Gasteiger partial charge is 0.0191 e. The summed E-state index contributed by atoms with van der Waals surface area (Å²) in [6.07, 6.45) is 1.29. The summed E-state index contributed by atoms with van der Waals surface area (Å²) in [7, 11) is 0. The van der Waals surface area contributed by atoms with E-state index in [0.717, 1.165) is 11.8 Å². The maximum Gasteiger partial charge on any atom is 0.0191 e. The first-order valence-electron chi connectivity index (χ1n) is 5.73. The number of hydrogen-bond acceptors (Lipinski definition) is 3. The van der Waals surface area contributed by atoms with Gasteiger partial charge in [0.1, 0.15) is 0 Å². The molecule has 0 bridgehead atoms. The van der Waals surface area contributed by atoms with Gasteiger partial charge in [0, 0.05) is 36.7 Å². The summed E-state index contributed by atoms with van der Waals surface area (Å²) in [6.45, 7) is 10.2. The van der Waals surface area contributed by atoms with E-state index in [1.807, 2.05) is 0 Å². The molecule has 1 heterocycles. The highest BCUT2D eigenvalue weighted by molar-refractivity contribution is 8.00. The first kappa shape index (κ1) is 12.3. The van der Waals surface area contributed by atoms with Crippen LogP contribution in [-0.4, -0.2) is 41.6 Å². The minimum atomic E-state index is 0.343. The average Bonchev–Trinajstić information content (AvgIpc) is 2.18. The second kappa shape index (κ2) is 5.99. The van der Waals surface area contributed by atoms with Crippen molar-refractivity contribution < 1.29 is 0 Å². The molecule has 0 aromatic rings. The van der Waals surface area contributed by atoms with E-state index in [4.69, 9.17) is 5.73 Å². The molecule has 0 saturated carbocycles. The zero-order valence-corrected chi connectivity index (χ0v) is 10.5. The Balaban J connectivity index is 2.30. The zero-order chi connectivity index (χ0) is 10.6. The standard InChI is InChI=1S/C11H24N2S/c1-4-10-7-13(5-6-14-10)8-11(12)9(2)3/h9-11H,4-8,12H2,1-3H3. The maximum atomic E-state index is 6.09. The van der Waals surface area contributed by atoms with Gasteiger partial charge in [-0.2, -0.15) is 11.8 Å². The highest BCUT2D eigenvalue weighted by Gasteiger charge is 2.21. The third kappa shape index (κ3) is 3.79. The van der Waals surface area contributed by atoms with Crippen molar-refractivity contribution >= 4 is 11.8 Å². The number of nitrogens with zero attached hydrogens (tertiary/aromatic N) is 1. The Morgan fingerprint density at radius 2 is 2.21 bits per heavy atom. The molecule has 84 valence electrons. The third-order valence-corrected chi connectivity index (χ3v) is 4.38. The van der Waals surface area contributed by atoms with Crippen LogP contribution in [0.3, 0.4) is 0 Å². The molecule has 14 heavy (non-hydrogen) atoms. The van der Waals surface area contributed by atoms with Crippen LogP contribution in [0, 0.1) is 5.92 Å². The number of hydrogen-bond donors (Lipinski definition) is 1. The van der Waals surface area contributed by atoms with Crippen molar-refractivity contribution in [1.29, 1.82) is 0 Å². The Hall–Kier alpha value is 0.270. The summed E-state index contributed by atoms with van der Waals surface area (Å²) < 4.78 is 0. The lowest BCUT2D eigenvalue weighted by Crippen LogP contribution is -2.46. The van der Waals surface area contributed by atoms with Gasteiger partial charge in [-0.25, -0.2) is 0 Å². The molecule has 2 nitrogen and oxygen atoms in total. The topological polar surface area (TPSA) is 29.3 Å². The Morgan fingerprint density at radius 3 is 2.79 bits per heavy atom. The molecule has 0 aliphatic carbocycles. The Bertz CT molecular complexity index is 161. The lowest BCUT2D eigenvalue weighted by atomic mass is 10.0. The van der Waals surface area contributed by atoms with Crippen molar-refractivity contribution in [3.63, 3.8) is 0 Å². The molecule has 0 radical (unpaired) electrons. The van der Waals surface area contributed by atoms with Crippen molar-refractivity contribution in [2.24, 2.45) is 11.7 Å². The van der Waals surface area contributed by atoms with E-state index < -0.39 is 0 Å². The predicted octanol–water partition coefficient (Wildman–Crippen LogP) is 1.80. The van der Waals surface area contributed by atoms with Crippen molar-refractivity contribution in [1.82, 2.24) is 4.90 Å². The van der Waals surface area contributed by atoms with Gasteiger partial charge in [-0.1, -0.05) is 20.8 Å². The van der Waals surface area contributed by atoms with E-state index in [9.17, 15) is 0 Å². The van der Waals surface area contributed by atoms with E-state index in [1.54, 1.807) is 0 Å². The minimum absolute atomic E-state index is 0.343. The summed E-state index contributed by atoms with van der Waals surface area (Å²) in [5.41, 5.74) is 6.09. The molecular weight excluding hydrogens is 192 g/mol. The summed E-state index contributed by atoms with van der Waals surface area (Å²) in [4.78, 5) is 2.54. The van der Waals surface area contributed by atoms with Gasteiger partial charge >= 0.3 is 0 Å².